The molecule has 2 heterocycles. The maximum Gasteiger partial charge on any atom is 0.250 e. The van der Waals surface area contributed by atoms with E-state index >= 15 is 0 Å². The van der Waals surface area contributed by atoms with E-state index in [9.17, 15) is 18.3 Å². The van der Waals surface area contributed by atoms with Gasteiger partial charge in [0.2, 0.25) is 10.0 Å². The number of rotatable bonds is 10. The molecule has 0 aliphatic rings. The van der Waals surface area contributed by atoms with Crippen molar-refractivity contribution in [1.29, 1.82) is 0 Å². The summed E-state index contributed by atoms with van der Waals surface area (Å²) >= 11 is 1.11. The number of aliphatic hydroxyl groups excluding tert-OH is 1. The quantitative estimate of drug-likeness (QED) is 0.315. The molecule has 8 nitrogen and oxygen atoms in total. The van der Waals surface area contributed by atoms with Crippen molar-refractivity contribution in [2.24, 2.45) is 5.73 Å². The predicted molar refractivity (Wildman–Crippen MR) is 127 cm³/mol. The molecule has 0 saturated heterocycles. The summed E-state index contributed by atoms with van der Waals surface area (Å²) in [5.74, 6) is -0.642. The van der Waals surface area contributed by atoms with E-state index in [1.165, 1.54) is 6.07 Å². The zero-order valence-corrected chi connectivity index (χ0v) is 19.5. The third kappa shape index (κ3) is 7.09. The van der Waals surface area contributed by atoms with Crippen molar-refractivity contribution in [3.8, 4) is 10.6 Å². The van der Waals surface area contributed by atoms with Crippen molar-refractivity contribution in [3.63, 3.8) is 0 Å². The molecule has 5 N–H and O–H groups in total. The molecular weight excluding hydrogens is 472 g/mol. The molecule has 0 aliphatic heterocycles. The maximum absolute atomic E-state index is 12.5. The van der Waals surface area contributed by atoms with Crippen molar-refractivity contribution < 1.29 is 18.3 Å². The summed E-state index contributed by atoms with van der Waals surface area (Å²) in [6.07, 6.45) is 0.596. The Morgan fingerprint density at radius 1 is 1.06 bits per heavy atom. The molecule has 1 unspecified atom stereocenters. The Labute approximate surface area is 197 Å². The van der Waals surface area contributed by atoms with Crippen LogP contribution < -0.4 is 15.8 Å². The van der Waals surface area contributed by atoms with Crippen LogP contribution in [0.1, 0.15) is 5.56 Å². The second kappa shape index (κ2) is 12.0. The van der Waals surface area contributed by atoms with E-state index in [0.29, 0.717) is 12.1 Å². The molecule has 11 heteroatoms. The molecular formula is C21H25ClN4O4S2. The fourth-order valence-electron chi connectivity index (χ4n) is 2.85. The van der Waals surface area contributed by atoms with Crippen LogP contribution in [0.5, 0.6) is 0 Å². The molecule has 0 bridgehead atoms. The second-order valence-corrected chi connectivity index (χ2v) is 9.90. The van der Waals surface area contributed by atoms with Gasteiger partial charge in [0, 0.05) is 25.3 Å². The van der Waals surface area contributed by atoms with Crippen molar-refractivity contribution in [2.45, 2.75) is 22.8 Å². The van der Waals surface area contributed by atoms with Gasteiger partial charge in [0.15, 0.2) is 0 Å². The van der Waals surface area contributed by atoms with Gasteiger partial charge in [-0.05, 0) is 36.2 Å². The summed E-state index contributed by atoms with van der Waals surface area (Å²) in [5, 5.41) is 12.6. The van der Waals surface area contributed by atoms with E-state index < -0.39 is 28.1 Å². The molecule has 1 aromatic carbocycles. The predicted octanol–water partition coefficient (Wildman–Crippen LogP) is 1.56. The first kappa shape index (κ1) is 25.9. The number of amides is 1. The Bertz CT molecular complexity index is 1100. The minimum atomic E-state index is -3.72. The monoisotopic (exact) mass is 496 g/mol. The molecule has 2 atom stereocenters. The zero-order valence-electron chi connectivity index (χ0n) is 17.0. The fraction of sp³-hybridized carbons (Fsp3) is 0.238. The average Bonchev–Trinajstić information content (AvgIpc) is 3.29. The number of pyridine rings is 1. The van der Waals surface area contributed by atoms with Gasteiger partial charge < -0.3 is 16.2 Å². The molecule has 0 saturated carbocycles. The topological polar surface area (TPSA) is 134 Å². The van der Waals surface area contributed by atoms with Gasteiger partial charge >= 0.3 is 0 Å². The van der Waals surface area contributed by atoms with Crippen LogP contribution in [0.2, 0.25) is 0 Å². The molecule has 172 valence electrons. The SMILES string of the molecule is Cl.N[C@@H](Cc1ccccc1)C(O)C(=O)NCCNS(=O)(=O)c1ccc(-c2ccccn2)s1. The van der Waals surface area contributed by atoms with E-state index in [-0.39, 0.29) is 29.7 Å². The van der Waals surface area contributed by atoms with Gasteiger partial charge in [-0.1, -0.05) is 36.4 Å². The van der Waals surface area contributed by atoms with E-state index in [2.05, 4.69) is 15.0 Å². The third-order valence-corrected chi connectivity index (χ3v) is 7.53. The van der Waals surface area contributed by atoms with E-state index in [4.69, 9.17) is 5.73 Å². The number of halogens is 1. The lowest BCUT2D eigenvalue weighted by atomic mass is 10.0. The van der Waals surface area contributed by atoms with Gasteiger partial charge in [0.05, 0.1) is 10.6 Å². The van der Waals surface area contributed by atoms with Gasteiger partial charge in [-0.2, -0.15) is 0 Å². The Morgan fingerprint density at radius 2 is 1.78 bits per heavy atom. The zero-order chi connectivity index (χ0) is 22.3. The molecule has 0 radical (unpaired) electrons. The fourth-order valence-corrected chi connectivity index (χ4v) is 5.21. The minimum Gasteiger partial charge on any atom is -0.382 e. The summed E-state index contributed by atoms with van der Waals surface area (Å²) < 4.78 is 27.5. The van der Waals surface area contributed by atoms with Crippen LogP contribution in [0, 0.1) is 0 Å². The summed E-state index contributed by atoms with van der Waals surface area (Å²) in [6, 6.07) is 17.2. The number of nitrogens with zero attached hydrogens (tertiary/aromatic N) is 1. The summed E-state index contributed by atoms with van der Waals surface area (Å²) in [5.41, 5.74) is 7.53. The number of nitrogens with one attached hydrogen (secondary N) is 2. The van der Waals surface area contributed by atoms with Gasteiger partial charge in [0.25, 0.3) is 5.91 Å². The van der Waals surface area contributed by atoms with Crippen molar-refractivity contribution in [2.75, 3.05) is 13.1 Å². The molecule has 0 aliphatic carbocycles. The molecule has 3 aromatic rings. The molecule has 2 aromatic heterocycles. The lowest BCUT2D eigenvalue weighted by molar-refractivity contribution is -0.130. The van der Waals surface area contributed by atoms with Crippen molar-refractivity contribution >= 4 is 39.7 Å². The van der Waals surface area contributed by atoms with Gasteiger partial charge in [-0.15, -0.1) is 23.7 Å². The number of aromatic nitrogens is 1. The van der Waals surface area contributed by atoms with E-state index in [1.807, 2.05) is 36.4 Å². The lowest BCUT2D eigenvalue weighted by Gasteiger charge is -2.18. The van der Waals surface area contributed by atoms with Gasteiger partial charge in [0.1, 0.15) is 10.3 Å². The van der Waals surface area contributed by atoms with E-state index in [0.717, 1.165) is 21.8 Å². The first-order valence-corrected chi connectivity index (χ1v) is 11.9. The number of carbonyl (C=O) groups is 1. The molecule has 32 heavy (non-hydrogen) atoms. The Hall–Kier alpha value is -2.34. The number of thiophene rings is 1. The highest BCUT2D eigenvalue weighted by Crippen LogP contribution is 2.29. The molecule has 0 spiro atoms. The average molecular weight is 497 g/mol. The van der Waals surface area contributed by atoms with Crippen LogP contribution in [-0.4, -0.2) is 49.7 Å². The Kier molecular flexibility index (Phi) is 9.76. The molecule has 3 rings (SSSR count). The molecule has 1 amide bonds. The van der Waals surface area contributed by atoms with E-state index in [1.54, 1.807) is 24.4 Å². The maximum atomic E-state index is 12.5. The smallest absolute Gasteiger partial charge is 0.250 e. The normalized spacial score (nSPS) is 13.1. The highest BCUT2D eigenvalue weighted by molar-refractivity contribution is 7.91. The Balaban J connectivity index is 0.00000363. The van der Waals surface area contributed by atoms with Gasteiger partial charge in [-0.3, -0.25) is 9.78 Å². The summed E-state index contributed by atoms with van der Waals surface area (Å²) in [4.78, 5) is 17.1. The Morgan fingerprint density at radius 3 is 2.47 bits per heavy atom. The largest absolute Gasteiger partial charge is 0.382 e. The van der Waals surface area contributed by atoms with Crippen LogP contribution in [0.15, 0.2) is 71.1 Å². The minimum absolute atomic E-state index is 0. The number of hydrogen-bond donors (Lipinski definition) is 4. The van der Waals surface area contributed by atoms with Crippen LogP contribution in [-0.2, 0) is 21.2 Å². The number of hydrogen-bond acceptors (Lipinski definition) is 7. The molecule has 0 fully saturated rings. The highest BCUT2D eigenvalue weighted by atomic mass is 35.5. The number of nitrogens with two attached hydrogens (primary N) is 1. The number of sulfonamides is 1. The lowest BCUT2D eigenvalue weighted by Crippen LogP contribution is -2.48. The first-order chi connectivity index (χ1) is 14.9. The summed E-state index contributed by atoms with van der Waals surface area (Å²) in [6.45, 7) is -0.00279. The van der Waals surface area contributed by atoms with Crippen LogP contribution in [0.3, 0.4) is 0 Å². The number of carbonyl (C=O) groups excluding carboxylic acids is 1. The number of aliphatic hydroxyl groups is 1. The van der Waals surface area contributed by atoms with Crippen LogP contribution >= 0.6 is 23.7 Å². The standard InChI is InChI=1S/C21H24N4O4S2.ClH/c22-16(14-15-6-2-1-3-7-15)20(26)21(27)24-12-13-25-31(28,29)19-10-9-18(30-19)17-8-4-5-11-23-17;/h1-11,16,20,25-26H,12-14,22H2,(H,24,27);1H/t16-,20?;/m0./s1. The van der Waals surface area contributed by atoms with Crippen molar-refractivity contribution in [1.82, 2.24) is 15.0 Å². The van der Waals surface area contributed by atoms with Gasteiger partial charge in [-0.25, -0.2) is 13.1 Å². The van der Waals surface area contributed by atoms with Crippen LogP contribution in [0.25, 0.3) is 10.6 Å². The summed E-state index contributed by atoms with van der Waals surface area (Å²) in [7, 11) is -3.72. The third-order valence-electron chi connectivity index (χ3n) is 4.47. The first-order valence-electron chi connectivity index (χ1n) is 9.63. The van der Waals surface area contributed by atoms with Crippen LogP contribution in [0.4, 0.5) is 0 Å². The number of benzene rings is 1. The second-order valence-electron chi connectivity index (χ2n) is 6.82. The highest BCUT2D eigenvalue weighted by Gasteiger charge is 2.23. The van der Waals surface area contributed by atoms with Crippen molar-refractivity contribution in [3.05, 3.63) is 72.4 Å².